The van der Waals surface area contributed by atoms with Gasteiger partial charge in [-0.1, -0.05) is 6.07 Å². The fourth-order valence-corrected chi connectivity index (χ4v) is 1.62. The molecule has 0 amide bonds. The van der Waals surface area contributed by atoms with Gasteiger partial charge in [-0.25, -0.2) is 0 Å². The van der Waals surface area contributed by atoms with Crippen LogP contribution in [0.5, 0.6) is 5.75 Å². The Hall–Kier alpha value is -2.43. The minimum atomic E-state index is -0.410. The average molecular weight is 244 g/mol. The molecule has 0 aliphatic rings. The van der Waals surface area contributed by atoms with Crippen LogP contribution in [0.25, 0.3) is 0 Å². The van der Waals surface area contributed by atoms with Crippen LogP contribution in [-0.4, -0.2) is 26.9 Å². The van der Waals surface area contributed by atoms with Crippen molar-refractivity contribution in [3.05, 3.63) is 47.3 Å². The summed E-state index contributed by atoms with van der Waals surface area (Å²) < 4.78 is 0. The van der Waals surface area contributed by atoms with E-state index >= 15 is 0 Å². The summed E-state index contributed by atoms with van der Waals surface area (Å²) >= 11 is 0. The Labute approximate surface area is 103 Å². The van der Waals surface area contributed by atoms with Crippen molar-refractivity contribution in [1.29, 1.82) is 0 Å². The summed E-state index contributed by atoms with van der Waals surface area (Å²) in [4.78, 5) is 23.6. The number of hydrogen-bond acceptors (Lipinski definition) is 4. The minimum Gasteiger partial charge on any atom is -0.507 e. The first-order valence-corrected chi connectivity index (χ1v) is 5.43. The lowest BCUT2D eigenvalue weighted by Crippen LogP contribution is -2.09. The highest BCUT2D eigenvalue weighted by Gasteiger charge is 2.17. The highest BCUT2D eigenvalue weighted by Crippen LogP contribution is 2.20. The molecule has 0 saturated carbocycles. The number of nitrogens with zero attached hydrogens (tertiary/aromatic N) is 1. The predicted molar refractivity (Wildman–Crippen MR) is 64.7 cm³/mol. The van der Waals surface area contributed by atoms with Crippen molar-refractivity contribution in [2.45, 2.75) is 13.3 Å². The van der Waals surface area contributed by atoms with Crippen LogP contribution >= 0.6 is 0 Å². The number of H-pyrrole nitrogens is 1. The molecule has 0 aliphatic heterocycles. The maximum absolute atomic E-state index is 11.9. The van der Waals surface area contributed by atoms with E-state index in [1.54, 1.807) is 6.07 Å². The van der Waals surface area contributed by atoms with Gasteiger partial charge in [0.25, 0.3) is 0 Å². The highest BCUT2D eigenvalue weighted by molar-refractivity contribution is 6.13. The monoisotopic (exact) mass is 244 g/mol. The second kappa shape index (κ2) is 4.83. The normalized spacial score (nSPS) is 10.3. The van der Waals surface area contributed by atoms with E-state index in [1.807, 2.05) is 6.92 Å². The van der Waals surface area contributed by atoms with Crippen LogP contribution in [0, 0.1) is 6.92 Å². The molecule has 0 radical (unpaired) electrons. The Kier molecular flexibility index (Phi) is 3.23. The quantitative estimate of drug-likeness (QED) is 0.635. The van der Waals surface area contributed by atoms with E-state index < -0.39 is 5.78 Å². The first-order valence-electron chi connectivity index (χ1n) is 5.43. The molecule has 2 aromatic rings. The van der Waals surface area contributed by atoms with Crippen LogP contribution in [0.4, 0.5) is 0 Å². The Morgan fingerprint density at radius 2 is 2.06 bits per heavy atom. The number of phenolic OH excluding ortho intramolecular Hbond substituents is 1. The molecule has 0 fully saturated rings. The number of aryl methyl sites for hydroxylation is 1. The zero-order chi connectivity index (χ0) is 13.1. The topological polar surface area (TPSA) is 83.0 Å². The minimum absolute atomic E-state index is 0.0996. The fourth-order valence-electron chi connectivity index (χ4n) is 1.62. The highest BCUT2D eigenvalue weighted by atomic mass is 16.3. The number of hydrogen-bond donors (Lipinski definition) is 2. The molecule has 1 aromatic carbocycles. The van der Waals surface area contributed by atoms with Gasteiger partial charge in [-0.15, -0.1) is 0 Å². The smallest absolute Gasteiger partial charge is 0.188 e. The molecular weight excluding hydrogens is 232 g/mol. The Morgan fingerprint density at radius 3 is 2.67 bits per heavy atom. The van der Waals surface area contributed by atoms with E-state index in [2.05, 4.69) is 10.2 Å². The van der Waals surface area contributed by atoms with Gasteiger partial charge in [0.1, 0.15) is 11.4 Å². The summed E-state index contributed by atoms with van der Waals surface area (Å²) in [6.07, 6.45) is 1.15. The molecule has 1 aromatic heterocycles. The van der Waals surface area contributed by atoms with Crippen molar-refractivity contribution in [3.63, 3.8) is 0 Å². The number of aromatic amines is 1. The lowest BCUT2D eigenvalue weighted by molar-refractivity contribution is 0.0890. The van der Waals surface area contributed by atoms with Gasteiger partial charge in [-0.3, -0.25) is 14.7 Å². The first kappa shape index (κ1) is 12.0. The zero-order valence-corrected chi connectivity index (χ0v) is 9.80. The molecule has 0 unspecified atom stereocenters. The first-order chi connectivity index (χ1) is 8.58. The maximum Gasteiger partial charge on any atom is 0.188 e. The number of aromatic hydroxyl groups is 1. The molecule has 2 rings (SSSR count). The molecule has 5 nitrogen and oxygen atoms in total. The molecule has 0 saturated heterocycles. The number of carbonyl (C=O) groups is 2. The summed E-state index contributed by atoms with van der Waals surface area (Å²) in [5.74, 6) is -0.859. The summed E-state index contributed by atoms with van der Waals surface area (Å²) in [5.41, 5.74) is 1.30. The second-order valence-electron chi connectivity index (χ2n) is 4.01. The van der Waals surface area contributed by atoms with Crippen LogP contribution in [0.3, 0.4) is 0 Å². The van der Waals surface area contributed by atoms with Crippen molar-refractivity contribution in [2.75, 3.05) is 0 Å². The number of aromatic nitrogens is 2. The molecule has 0 bridgehead atoms. The Morgan fingerprint density at radius 1 is 1.28 bits per heavy atom. The lowest BCUT2D eigenvalue weighted by Gasteiger charge is -2.03. The summed E-state index contributed by atoms with van der Waals surface area (Å²) in [6.45, 7) is 1.81. The molecule has 0 atom stereocenters. The van der Waals surface area contributed by atoms with Gasteiger partial charge < -0.3 is 5.11 Å². The van der Waals surface area contributed by atoms with E-state index in [4.69, 9.17) is 0 Å². The maximum atomic E-state index is 11.9. The molecule has 5 heteroatoms. The standard InChI is InChI=1S/C13H12N2O3/c1-8-2-3-9(11(16)6-8)12(17)7-13(18)10-4-5-14-15-10/h2-6,16H,7H2,1H3,(H,14,15). The number of carbonyl (C=O) groups excluding carboxylic acids is 2. The average Bonchev–Trinajstić information content (AvgIpc) is 2.81. The second-order valence-corrected chi connectivity index (χ2v) is 4.01. The van der Waals surface area contributed by atoms with Crippen molar-refractivity contribution in [1.82, 2.24) is 10.2 Å². The van der Waals surface area contributed by atoms with E-state index in [0.717, 1.165) is 5.56 Å². The van der Waals surface area contributed by atoms with Crippen LogP contribution in [0.15, 0.2) is 30.5 Å². The molecular formula is C13H12N2O3. The number of nitrogens with one attached hydrogen (secondary N) is 1. The van der Waals surface area contributed by atoms with Gasteiger partial charge in [-0.2, -0.15) is 5.10 Å². The van der Waals surface area contributed by atoms with Crippen LogP contribution < -0.4 is 0 Å². The van der Waals surface area contributed by atoms with Gasteiger partial charge in [-0.05, 0) is 30.7 Å². The van der Waals surface area contributed by atoms with E-state index in [-0.39, 0.29) is 29.2 Å². The SMILES string of the molecule is Cc1ccc(C(=O)CC(=O)c2ccn[nH]2)c(O)c1. The van der Waals surface area contributed by atoms with Gasteiger partial charge in [0.2, 0.25) is 0 Å². The van der Waals surface area contributed by atoms with Crippen LogP contribution in [0.2, 0.25) is 0 Å². The zero-order valence-electron chi connectivity index (χ0n) is 9.80. The summed E-state index contributed by atoms with van der Waals surface area (Å²) in [6, 6.07) is 6.24. The van der Waals surface area contributed by atoms with Gasteiger partial charge in [0.05, 0.1) is 12.0 Å². The van der Waals surface area contributed by atoms with Crippen LogP contribution in [-0.2, 0) is 0 Å². The van der Waals surface area contributed by atoms with Crippen molar-refractivity contribution in [3.8, 4) is 5.75 Å². The van der Waals surface area contributed by atoms with Gasteiger partial charge in [0.15, 0.2) is 11.6 Å². The van der Waals surface area contributed by atoms with Crippen molar-refractivity contribution in [2.24, 2.45) is 0 Å². The van der Waals surface area contributed by atoms with Crippen molar-refractivity contribution < 1.29 is 14.7 Å². The number of ketones is 2. The molecule has 0 aliphatic carbocycles. The lowest BCUT2D eigenvalue weighted by atomic mass is 10.0. The molecule has 92 valence electrons. The van der Waals surface area contributed by atoms with Crippen LogP contribution in [0.1, 0.15) is 32.8 Å². The van der Waals surface area contributed by atoms with E-state index in [0.29, 0.717) is 0 Å². The third kappa shape index (κ3) is 2.45. The third-order valence-electron chi connectivity index (χ3n) is 2.58. The summed E-state index contributed by atoms with van der Waals surface area (Å²) in [5, 5.41) is 15.8. The number of phenols is 1. The number of rotatable bonds is 4. The third-order valence-corrected chi connectivity index (χ3v) is 2.58. The molecule has 1 heterocycles. The van der Waals surface area contributed by atoms with E-state index in [1.165, 1.54) is 24.4 Å². The number of benzene rings is 1. The Bertz CT molecular complexity index is 588. The number of Topliss-reactive ketones (excluding diaryl/α,β-unsaturated/α-hetero) is 2. The predicted octanol–water partition coefficient (Wildman–Crippen LogP) is 1.88. The van der Waals surface area contributed by atoms with Gasteiger partial charge >= 0.3 is 0 Å². The van der Waals surface area contributed by atoms with Gasteiger partial charge in [0, 0.05) is 6.20 Å². The molecule has 0 spiro atoms. The summed E-state index contributed by atoms with van der Waals surface area (Å²) in [7, 11) is 0. The largest absolute Gasteiger partial charge is 0.507 e. The fraction of sp³-hybridized carbons (Fsp3) is 0.154. The molecule has 2 N–H and O–H groups in total. The Balaban J connectivity index is 2.15. The molecule has 18 heavy (non-hydrogen) atoms. The van der Waals surface area contributed by atoms with E-state index in [9.17, 15) is 14.7 Å². The van der Waals surface area contributed by atoms with Crippen molar-refractivity contribution >= 4 is 11.6 Å².